The van der Waals surface area contributed by atoms with Crippen LogP contribution < -0.4 is 0 Å². The van der Waals surface area contributed by atoms with Crippen molar-refractivity contribution < 1.29 is 19.5 Å². The fourth-order valence-electron chi connectivity index (χ4n) is 1.72. The Hall–Kier alpha value is -1.96. The zero-order chi connectivity index (χ0) is 12.2. The Kier molecular flexibility index (Phi) is 1.84. The van der Waals surface area contributed by atoms with E-state index in [-0.39, 0.29) is 5.84 Å². The molecule has 1 fully saturated rings. The predicted octanol–water partition coefficient (Wildman–Crippen LogP) is -1.34. The van der Waals surface area contributed by atoms with Gasteiger partial charge in [0, 0.05) is 21.1 Å². The van der Waals surface area contributed by atoms with Crippen molar-refractivity contribution in [3.8, 4) is 0 Å². The second kappa shape index (κ2) is 2.79. The zero-order valence-electron chi connectivity index (χ0n) is 8.96. The van der Waals surface area contributed by atoms with Gasteiger partial charge in [-0.3, -0.25) is 19.5 Å². The molecule has 0 radical (unpaired) electrons. The van der Waals surface area contributed by atoms with Gasteiger partial charge in [0.05, 0.1) is 0 Å². The molecule has 2 aliphatic rings. The van der Waals surface area contributed by atoms with Crippen molar-refractivity contribution >= 4 is 23.8 Å². The number of fused-ring (bicyclic) bond motifs is 1. The molecule has 8 nitrogen and oxygen atoms in total. The summed E-state index contributed by atoms with van der Waals surface area (Å²) in [5, 5.41) is 10.2. The third-order valence-electron chi connectivity index (χ3n) is 2.78. The summed E-state index contributed by atoms with van der Waals surface area (Å²) in [6.45, 7) is 0. The molecule has 5 amide bonds. The van der Waals surface area contributed by atoms with Crippen LogP contribution in [0.3, 0.4) is 0 Å². The highest BCUT2D eigenvalue weighted by atomic mass is 16.3. The third-order valence-corrected chi connectivity index (χ3v) is 2.78. The van der Waals surface area contributed by atoms with Crippen LogP contribution in [0.1, 0.15) is 0 Å². The van der Waals surface area contributed by atoms with Crippen molar-refractivity contribution in [2.45, 2.75) is 5.72 Å². The van der Waals surface area contributed by atoms with Crippen LogP contribution in [0.4, 0.5) is 9.59 Å². The maximum atomic E-state index is 11.8. The van der Waals surface area contributed by atoms with Crippen molar-refractivity contribution in [2.24, 2.45) is 4.99 Å². The number of likely N-dealkylation sites (N-methyl/N-ethyl adjacent to an activating group) is 3. The highest BCUT2D eigenvalue weighted by Crippen LogP contribution is 2.28. The molecule has 0 aliphatic carbocycles. The van der Waals surface area contributed by atoms with Crippen LogP contribution in [0.15, 0.2) is 4.99 Å². The number of imide groups is 1. The largest absolute Gasteiger partial charge is 0.357 e. The molecule has 0 bridgehead atoms. The highest BCUT2D eigenvalue weighted by Gasteiger charge is 2.60. The molecular weight excluding hydrogens is 216 g/mol. The minimum Gasteiger partial charge on any atom is -0.357 e. The second-order valence-corrected chi connectivity index (χ2v) is 3.65. The van der Waals surface area contributed by atoms with E-state index in [1.54, 1.807) is 0 Å². The molecule has 0 saturated carbocycles. The van der Waals surface area contributed by atoms with Gasteiger partial charge in [0.2, 0.25) is 0 Å². The molecule has 1 N–H and O–H groups in total. The first kappa shape index (κ1) is 10.6. The van der Waals surface area contributed by atoms with Crippen molar-refractivity contribution in [1.82, 2.24) is 14.7 Å². The number of urea groups is 2. The van der Waals surface area contributed by atoms with E-state index < -0.39 is 23.7 Å². The maximum absolute atomic E-state index is 11.8. The quantitative estimate of drug-likeness (QED) is 0.553. The monoisotopic (exact) mass is 226 g/mol. The minimum atomic E-state index is -2.17. The van der Waals surface area contributed by atoms with Gasteiger partial charge in [0.25, 0.3) is 11.6 Å². The van der Waals surface area contributed by atoms with Crippen LogP contribution in [0.2, 0.25) is 0 Å². The summed E-state index contributed by atoms with van der Waals surface area (Å²) in [7, 11) is 3.81. The Morgan fingerprint density at radius 1 is 1.12 bits per heavy atom. The molecule has 2 aliphatic heterocycles. The SMILES string of the molecule is CN1C(=O)N(C)C2=NC(=O)N(C)C2(O)C1=O. The van der Waals surface area contributed by atoms with Crippen LogP contribution in [0, 0.1) is 0 Å². The molecule has 86 valence electrons. The van der Waals surface area contributed by atoms with Crippen molar-refractivity contribution in [1.29, 1.82) is 0 Å². The summed E-state index contributed by atoms with van der Waals surface area (Å²) >= 11 is 0. The second-order valence-electron chi connectivity index (χ2n) is 3.65. The van der Waals surface area contributed by atoms with Crippen LogP contribution in [-0.4, -0.2) is 70.5 Å². The molecular formula is C8H10N4O4. The van der Waals surface area contributed by atoms with E-state index in [1.165, 1.54) is 21.1 Å². The fraction of sp³-hybridized carbons (Fsp3) is 0.500. The van der Waals surface area contributed by atoms with E-state index in [0.29, 0.717) is 0 Å². The van der Waals surface area contributed by atoms with Crippen molar-refractivity contribution in [3.05, 3.63) is 0 Å². The Labute approximate surface area is 90.7 Å². The van der Waals surface area contributed by atoms with Crippen LogP contribution >= 0.6 is 0 Å². The van der Waals surface area contributed by atoms with Gasteiger partial charge < -0.3 is 5.11 Å². The van der Waals surface area contributed by atoms with Gasteiger partial charge in [0.1, 0.15) is 0 Å². The molecule has 1 unspecified atom stereocenters. The lowest BCUT2D eigenvalue weighted by molar-refractivity contribution is -0.152. The Morgan fingerprint density at radius 3 is 2.25 bits per heavy atom. The molecule has 8 heteroatoms. The first-order chi connectivity index (χ1) is 7.31. The molecule has 1 saturated heterocycles. The molecule has 0 aromatic carbocycles. The minimum absolute atomic E-state index is 0.256. The molecule has 1 atom stereocenters. The fourth-order valence-corrected chi connectivity index (χ4v) is 1.72. The Balaban J connectivity index is 2.60. The number of hydrogen-bond acceptors (Lipinski definition) is 4. The van der Waals surface area contributed by atoms with E-state index >= 15 is 0 Å². The van der Waals surface area contributed by atoms with Gasteiger partial charge in [-0.1, -0.05) is 0 Å². The summed E-state index contributed by atoms with van der Waals surface area (Å²) in [6.07, 6.45) is 0. The number of carbonyl (C=O) groups is 3. The van der Waals surface area contributed by atoms with Gasteiger partial charge in [-0.15, -0.1) is 0 Å². The summed E-state index contributed by atoms with van der Waals surface area (Å²) < 4.78 is 0. The number of amidine groups is 1. The van der Waals surface area contributed by atoms with Crippen molar-refractivity contribution in [2.75, 3.05) is 21.1 Å². The molecule has 2 heterocycles. The number of aliphatic imine (C=N–C) groups is 1. The predicted molar refractivity (Wildman–Crippen MR) is 51.5 cm³/mol. The maximum Gasteiger partial charge on any atom is 0.348 e. The molecule has 0 aromatic heterocycles. The van der Waals surface area contributed by atoms with E-state index in [2.05, 4.69) is 4.99 Å². The Bertz CT molecular complexity index is 445. The van der Waals surface area contributed by atoms with Gasteiger partial charge >= 0.3 is 12.1 Å². The van der Waals surface area contributed by atoms with Gasteiger partial charge in [-0.05, 0) is 0 Å². The zero-order valence-corrected chi connectivity index (χ0v) is 8.96. The lowest BCUT2D eigenvalue weighted by Gasteiger charge is -2.40. The number of nitrogens with zero attached hydrogens (tertiary/aromatic N) is 4. The number of amides is 5. The summed E-state index contributed by atoms with van der Waals surface area (Å²) in [5.41, 5.74) is -2.17. The molecule has 0 aromatic rings. The average molecular weight is 226 g/mol. The van der Waals surface area contributed by atoms with E-state index in [9.17, 15) is 19.5 Å². The smallest absolute Gasteiger partial charge is 0.348 e. The number of carbonyl (C=O) groups excluding carboxylic acids is 3. The van der Waals surface area contributed by atoms with Gasteiger partial charge in [-0.2, -0.15) is 4.99 Å². The number of aliphatic hydroxyl groups is 1. The van der Waals surface area contributed by atoms with E-state index in [1.807, 2.05) is 0 Å². The van der Waals surface area contributed by atoms with Crippen molar-refractivity contribution in [3.63, 3.8) is 0 Å². The standard InChI is InChI=1S/C8H10N4O4/c1-10-4-8(16,12(3)6(14)9-4)5(13)11(2)7(10)15/h16H,1-3H3. The first-order valence-corrected chi connectivity index (χ1v) is 4.47. The average Bonchev–Trinajstić information content (AvgIpc) is 2.49. The number of hydrogen-bond donors (Lipinski definition) is 1. The summed E-state index contributed by atoms with van der Waals surface area (Å²) in [6, 6.07) is -1.41. The highest BCUT2D eigenvalue weighted by molar-refractivity contribution is 6.27. The first-order valence-electron chi connectivity index (χ1n) is 4.47. The third kappa shape index (κ3) is 0.915. The van der Waals surface area contributed by atoms with E-state index in [4.69, 9.17) is 0 Å². The lowest BCUT2D eigenvalue weighted by atomic mass is 10.1. The van der Waals surface area contributed by atoms with Crippen LogP contribution in [-0.2, 0) is 4.79 Å². The van der Waals surface area contributed by atoms with Crippen LogP contribution in [0.25, 0.3) is 0 Å². The Morgan fingerprint density at radius 2 is 1.69 bits per heavy atom. The van der Waals surface area contributed by atoms with Crippen LogP contribution in [0.5, 0.6) is 0 Å². The number of rotatable bonds is 0. The molecule has 16 heavy (non-hydrogen) atoms. The summed E-state index contributed by atoms with van der Waals surface area (Å²) in [4.78, 5) is 40.7. The summed E-state index contributed by atoms with van der Waals surface area (Å²) in [5.74, 6) is -1.14. The molecule has 2 rings (SSSR count). The lowest BCUT2D eigenvalue weighted by Crippen LogP contribution is -2.70. The van der Waals surface area contributed by atoms with E-state index in [0.717, 1.165) is 14.7 Å². The molecule has 0 spiro atoms. The normalized spacial score (nSPS) is 29.9. The van der Waals surface area contributed by atoms with Gasteiger partial charge in [-0.25, -0.2) is 9.59 Å². The topological polar surface area (TPSA) is 93.5 Å². The van der Waals surface area contributed by atoms with Gasteiger partial charge in [0.15, 0.2) is 5.84 Å².